The molecule has 2 N–H and O–H groups in total. The molecule has 1 aromatic rings. The second-order valence-electron chi connectivity index (χ2n) is 4.51. The lowest BCUT2D eigenvalue weighted by molar-refractivity contribution is -0.134. The van der Waals surface area contributed by atoms with Crippen LogP contribution in [-0.4, -0.2) is 37.0 Å². The maximum absolute atomic E-state index is 11.9. The summed E-state index contributed by atoms with van der Waals surface area (Å²) in [4.78, 5) is 26.5. The molecule has 0 saturated carbocycles. The fraction of sp³-hybridized carbons (Fsp3) is 0.417. The van der Waals surface area contributed by atoms with Crippen molar-refractivity contribution in [2.75, 3.05) is 5.75 Å². The monoisotopic (exact) mass is 297 g/mol. The zero-order valence-corrected chi connectivity index (χ0v) is 11.5. The third kappa shape index (κ3) is 4.10. The molecule has 0 radical (unpaired) electrons. The van der Waals surface area contributed by atoms with E-state index in [-0.39, 0.29) is 30.9 Å². The number of carbonyl (C=O) groups excluding carboxylic acids is 2. The van der Waals surface area contributed by atoms with Crippen LogP contribution < -0.4 is 10.0 Å². The number of hydrogen-bond acceptors (Lipinski definition) is 5. The molecule has 1 atom stereocenters. The number of rotatable bonds is 5. The van der Waals surface area contributed by atoms with Crippen molar-refractivity contribution in [3.8, 4) is 0 Å². The van der Waals surface area contributed by atoms with E-state index in [1.807, 2.05) is 0 Å². The van der Waals surface area contributed by atoms with Crippen LogP contribution >= 0.6 is 0 Å². The number of pyridine rings is 1. The minimum absolute atomic E-state index is 0.138. The summed E-state index contributed by atoms with van der Waals surface area (Å²) in [5, 5.41) is 2.11. The smallest absolute Gasteiger partial charge is 0.244 e. The van der Waals surface area contributed by atoms with Crippen molar-refractivity contribution in [1.29, 1.82) is 0 Å². The fourth-order valence-corrected chi connectivity index (χ4v) is 3.12. The predicted octanol–water partition coefficient (Wildman–Crippen LogP) is -0.651. The van der Waals surface area contributed by atoms with E-state index in [0.29, 0.717) is 5.69 Å². The molecule has 108 valence electrons. The average molecular weight is 297 g/mol. The minimum atomic E-state index is -3.59. The highest BCUT2D eigenvalue weighted by Gasteiger charge is 2.29. The van der Waals surface area contributed by atoms with Crippen molar-refractivity contribution in [2.45, 2.75) is 25.3 Å². The molecule has 8 heteroatoms. The van der Waals surface area contributed by atoms with Gasteiger partial charge in [0.2, 0.25) is 21.8 Å². The van der Waals surface area contributed by atoms with E-state index in [9.17, 15) is 18.0 Å². The minimum Gasteiger partial charge on any atom is -0.295 e. The molecular formula is C12H15N3O4S. The van der Waals surface area contributed by atoms with Crippen molar-refractivity contribution in [3.63, 3.8) is 0 Å². The summed E-state index contributed by atoms with van der Waals surface area (Å²) in [6.45, 7) is 0. The van der Waals surface area contributed by atoms with E-state index < -0.39 is 22.0 Å². The van der Waals surface area contributed by atoms with E-state index in [1.54, 1.807) is 24.4 Å². The summed E-state index contributed by atoms with van der Waals surface area (Å²) in [5.74, 6) is -1.12. The van der Waals surface area contributed by atoms with Crippen molar-refractivity contribution in [1.82, 2.24) is 15.0 Å². The van der Waals surface area contributed by atoms with Gasteiger partial charge in [0.05, 0.1) is 5.75 Å². The molecule has 0 spiro atoms. The maximum Gasteiger partial charge on any atom is 0.244 e. The van der Waals surface area contributed by atoms with Crippen molar-refractivity contribution in [2.24, 2.45) is 0 Å². The second-order valence-corrected chi connectivity index (χ2v) is 6.38. The van der Waals surface area contributed by atoms with Gasteiger partial charge >= 0.3 is 0 Å². The van der Waals surface area contributed by atoms with Gasteiger partial charge in [0, 0.05) is 24.7 Å². The third-order valence-corrected chi connectivity index (χ3v) is 4.30. The predicted molar refractivity (Wildman–Crippen MR) is 71.0 cm³/mol. The topological polar surface area (TPSA) is 105 Å². The van der Waals surface area contributed by atoms with Crippen LogP contribution in [0.25, 0.3) is 0 Å². The van der Waals surface area contributed by atoms with Crippen LogP contribution in [-0.2, 0) is 26.0 Å². The molecule has 1 fully saturated rings. The number of carbonyl (C=O) groups is 2. The number of amides is 2. The summed E-state index contributed by atoms with van der Waals surface area (Å²) in [6, 6.07) is 4.39. The van der Waals surface area contributed by atoms with E-state index >= 15 is 0 Å². The van der Waals surface area contributed by atoms with Gasteiger partial charge in [-0.05, 0) is 18.6 Å². The highest BCUT2D eigenvalue weighted by Crippen LogP contribution is 2.06. The fourth-order valence-electron chi connectivity index (χ4n) is 1.87. The molecule has 20 heavy (non-hydrogen) atoms. The highest BCUT2D eigenvalue weighted by atomic mass is 32.2. The Labute approximate surface area is 116 Å². The zero-order valence-electron chi connectivity index (χ0n) is 10.7. The molecule has 2 heterocycles. The highest BCUT2D eigenvalue weighted by molar-refractivity contribution is 7.89. The van der Waals surface area contributed by atoms with Crippen molar-refractivity contribution in [3.05, 3.63) is 30.1 Å². The number of aromatic nitrogens is 1. The first kappa shape index (κ1) is 14.6. The first-order chi connectivity index (χ1) is 9.46. The number of imide groups is 1. The molecule has 0 aromatic carbocycles. The van der Waals surface area contributed by atoms with E-state index in [1.165, 1.54) is 0 Å². The lowest BCUT2D eigenvalue weighted by Crippen LogP contribution is -2.52. The second kappa shape index (κ2) is 6.10. The Bertz CT molecular complexity index is 600. The van der Waals surface area contributed by atoms with Gasteiger partial charge in [-0.2, -0.15) is 0 Å². The quantitative estimate of drug-likeness (QED) is 0.703. The Morgan fingerprint density at radius 1 is 1.35 bits per heavy atom. The molecule has 1 aliphatic heterocycles. The van der Waals surface area contributed by atoms with Crippen LogP contribution in [0, 0.1) is 0 Å². The van der Waals surface area contributed by atoms with Gasteiger partial charge in [-0.15, -0.1) is 0 Å². The number of nitrogens with one attached hydrogen (secondary N) is 2. The van der Waals surface area contributed by atoms with Gasteiger partial charge in [0.15, 0.2) is 0 Å². The van der Waals surface area contributed by atoms with Crippen LogP contribution in [0.4, 0.5) is 0 Å². The first-order valence-corrected chi connectivity index (χ1v) is 7.85. The standard InChI is InChI=1S/C12H15N3O4S/c16-11-5-4-10(12(17)14-11)15-20(18,19)8-6-9-3-1-2-7-13-9/h1-3,7,10,15H,4-6,8H2,(H,14,16,17). The van der Waals surface area contributed by atoms with E-state index in [4.69, 9.17) is 0 Å². The lowest BCUT2D eigenvalue weighted by Gasteiger charge is -2.21. The van der Waals surface area contributed by atoms with Crippen LogP contribution in [0.3, 0.4) is 0 Å². The van der Waals surface area contributed by atoms with Crippen molar-refractivity contribution < 1.29 is 18.0 Å². The Kier molecular flexibility index (Phi) is 4.46. The summed E-state index contributed by atoms with van der Waals surface area (Å²) < 4.78 is 26.1. The number of aryl methyl sites for hydroxylation is 1. The van der Waals surface area contributed by atoms with Crippen LogP contribution in [0.1, 0.15) is 18.5 Å². The zero-order chi connectivity index (χ0) is 14.6. The van der Waals surface area contributed by atoms with Gasteiger partial charge in [0.25, 0.3) is 0 Å². The normalized spacial score (nSPS) is 19.7. The van der Waals surface area contributed by atoms with Gasteiger partial charge < -0.3 is 0 Å². The maximum atomic E-state index is 11.9. The Balaban J connectivity index is 1.91. The summed E-state index contributed by atoms with van der Waals surface area (Å²) in [5.41, 5.74) is 0.668. The van der Waals surface area contributed by atoms with Crippen LogP contribution in [0.2, 0.25) is 0 Å². The summed E-state index contributed by atoms with van der Waals surface area (Å²) in [6.07, 6.45) is 2.19. The Morgan fingerprint density at radius 2 is 2.15 bits per heavy atom. The number of nitrogens with zero attached hydrogens (tertiary/aromatic N) is 1. The van der Waals surface area contributed by atoms with Gasteiger partial charge in [0.1, 0.15) is 6.04 Å². The van der Waals surface area contributed by atoms with Crippen LogP contribution in [0.5, 0.6) is 0 Å². The molecule has 2 rings (SSSR count). The molecule has 1 aromatic heterocycles. The molecule has 1 saturated heterocycles. The average Bonchev–Trinajstić information content (AvgIpc) is 2.41. The van der Waals surface area contributed by atoms with Gasteiger partial charge in [-0.25, -0.2) is 13.1 Å². The van der Waals surface area contributed by atoms with Gasteiger partial charge in [-0.3, -0.25) is 19.9 Å². The number of piperidine rings is 1. The van der Waals surface area contributed by atoms with E-state index in [0.717, 1.165) is 0 Å². The summed E-state index contributed by atoms with van der Waals surface area (Å²) in [7, 11) is -3.59. The van der Waals surface area contributed by atoms with E-state index in [2.05, 4.69) is 15.0 Å². The molecule has 2 amide bonds. The lowest BCUT2D eigenvalue weighted by atomic mass is 10.1. The van der Waals surface area contributed by atoms with Crippen molar-refractivity contribution >= 4 is 21.8 Å². The molecular weight excluding hydrogens is 282 g/mol. The Hall–Kier alpha value is -1.80. The van der Waals surface area contributed by atoms with Gasteiger partial charge in [-0.1, -0.05) is 6.07 Å². The van der Waals surface area contributed by atoms with Crippen LogP contribution in [0.15, 0.2) is 24.4 Å². The third-order valence-electron chi connectivity index (χ3n) is 2.91. The Morgan fingerprint density at radius 3 is 2.80 bits per heavy atom. The first-order valence-electron chi connectivity index (χ1n) is 6.20. The molecule has 7 nitrogen and oxygen atoms in total. The SMILES string of the molecule is O=C1CCC(NS(=O)(=O)CCc2ccccn2)C(=O)N1. The molecule has 1 aliphatic rings. The molecule has 0 aliphatic carbocycles. The number of sulfonamides is 1. The summed E-state index contributed by atoms with van der Waals surface area (Å²) >= 11 is 0. The largest absolute Gasteiger partial charge is 0.295 e. The number of hydrogen-bond donors (Lipinski definition) is 2. The molecule has 0 bridgehead atoms. The molecule has 1 unspecified atom stereocenters.